The van der Waals surface area contributed by atoms with Gasteiger partial charge in [0.15, 0.2) is 0 Å². The highest BCUT2D eigenvalue weighted by molar-refractivity contribution is 9.10. The van der Waals surface area contributed by atoms with Crippen molar-refractivity contribution in [2.75, 3.05) is 0 Å². The molecule has 1 aromatic carbocycles. The Morgan fingerprint density at radius 1 is 1.37 bits per heavy atom. The summed E-state index contributed by atoms with van der Waals surface area (Å²) in [7, 11) is 0. The van der Waals surface area contributed by atoms with Crippen LogP contribution in [-0.2, 0) is 5.41 Å². The molecule has 0 aliphatic heterocycles. The average molecular weight is 344 g/mol. The van der Waals surface area contributed by atoms with Crippen LogP contribution in [0.2, 0.25) is 0 Å². The molecular formula is C14H15BrFNOS. The molecule has 19 heavy (non-hydrogen) atoms. The molecule has 0 aliphatic carbocycles. The lowest BCUT2D eigenvalue weighted by Gasteiger charge is -2.14. The monoisotopic (exact) mass is 343 g/mol. The lowest BCUT2D eigenvalue weighted by molar-refractivity contribution is 0.210. The number of hydrogen-bond donors (Lipinski definition) is 1. The molecule has 0 saturated heterocycles. The molecule has 0 radical (unpaired) electrons. The summed E-state index contributed by atoms with van der Waals surface area (Å²) in [5.74, 6) is -0.444. The molecule has 0 spiro atoms. The van der Waals surface area contributed by atoms with E-state index in [0.717, 1.165) is 5.01 Å². The van der Waals surface area contributed by atoms with Crippen molar-refractivity contribution in [3.63, 3.8) is 0 Å². The lowest BCUT2D eigenvalue weighted by Crippen LogP contribution is -2.11. The quantitative estimate of drug-likeness (QED) is 0.875. The van der Waals surface area contributed by atoms with Gasteiger partial charge < -0.3 is 5.11 Å². The molecule has 1 unspecified atom stereocenters. The number of halogens is 2. The van der Waals surface area contributed by atoms with Crippen LogP contribution < -0.4 is 0 Å². The Labute approximate surface area is 124 Å². The second-order valence-corrected chi connectivity index (χ2v) is 7.09. The second kappa shape index (κ2) is 5.31. The van der Waals surface area contributed by atoms with E-state index in [4.69, 9.17) is 0 Å². The van der Waals surface area contributed by atoms with Crippen molar-refractivity contribution >= 4 is 27.3 Å². The summed E-state index contributed by atoms with van der Waals surface area (Å²) in [5, 5.41) is 13.0. The van der Waals surface area contributed by atoms with Crippen molar-refractivity contribution in [3.05, 3.63) is 50.1 Å². The zero-order valence-electron chi connectivity index (χ0n) is 10.9. The first-order valence-corrected chi connectivity index (χ1v) is 7.56. The predicted molar refractivity (Wildman–Crippen MR) is 79.0 cm³/mol. The van der Waals surface area contributed by atoms with Gasteiger partial charge in [-0.15, -0.1) is 11.3 Å². The van der Waals surface area contributed by atoms with Crippen LogP contribution >= 0.6 is 27.3 Å². The third kappa shape index (κ3) is 3.04. The Kier molecular flexibility index (Phi) is 4.08. The molecule has 0 amide bonds. The molecule has 0 fully saturated rings. The largest absolute Gasteiger partial charge is 0.382 e. The van der Waals surface area contributed by atoms with E-state index in [9.17, 15) is 9.50 Å². The molecule has 102 valence electrons. The fourth-order valence-electron chi connectivity index (χ4n) is 1.65. The van der Waals surface area contributed by atoms with Crippen molar-refractivity contribution in [3.8, 4) is 0 Å². The van der Waals surface area contributed by atoms with Gasteiger partial charge >= 0.3 is 0 Å². The van der Waals surface area contributed by atoms with Gasteiger partial charge in [-0.25, -0.2) is 9.37 Å². The molecule has 1 heterocycles. The van der Waals surface area contributed by atoms with Gasteiger partial charge in [-0.1, -0.05) is 32.9 Å². The van der Waals surface area contributed by atoms with Crippen LogP contribution in [-0.4, -0.2) is 10.1 Å². The first-order valence-electron chi connectivity index (χ1n) is 5.88. The number of rotatable bonds is 2. The zero-order valence-corrected chi connectivity index (χ0v) is 13.3. The summed E-state index contributed by atoms with van der Waals surface area (Å²) in [5.41, 5.74) is 0.658. The minimum absolute atomic E-state index is 0.0710. The summed E-state index contributed by atoms with van der Waals surface area (Å²) < 4.78 is 14.3. The molecule has 1 aromatic heterocycles. The first-order chi connectivity index (χ1) is 8.80. The lowest BCUT2D eigenvalue weighted by atomic mass is 9.98. The van der Waals surface area contributed by atoms with E-state index in [1.807, 2.05) is 0 Å². The molecular weight excluding hydrogens is 329 g/mol. The second-order valence-electron chi connectivity index (χ2n) is 5.37. The minimum Gasteiger partial charge on any atom is -0.382 e. The molecule has 0 bridgehead atoms. The molecule has 2 nitrogen and oxygen atoms in total. The number of aliphatic hydroxyl groups is 1. The number of hydrogen-bond acceptors (Lipinski definition) is 3. The van der Waals surface area contributed by atoms with Crippen molar-refractivity contribution in [1.29, 1.82) is 0 Å². The Hall–Kier alpha value is -0.780. The van der Waals surface area contributed by atoms with Crippen molar-refractivity contribution in [1.82, 2.24) is 4.98 Å². The molecule has 1 N–H and O–H groups in total. The number of thiazole rings is 1. The maximum absolute atomic E-state index is 13.9. The van der Waals surface area contributed by atoms with Crippen molar-refractivity contribution in [2.45, 2.75) is 32.3 Å². The number of benzene rings is 1. The van der Waals surface area contributed by atoms with Gasteiger partial charge in [0.05, 0.1) is 15.2 Å². The third-order valence-corrected chi connectivity index (χ3v) is 4.62. The van der Waals surface area contributed by atoms with Crippen LogP contribution in [0.4, 0.5) is 4.39 Å². The van der Waals surface area contributed by atoms with Gasteiger partial charge in [0, 0.05) is 16.4 Å². The highest BCUT2D eigenvalue weighted by atomic mass is 79.9. The molecule has 1 atom stereocenters. The van der Waals surface area contributed by atoms with E-state index in [2.05, 4.69) is 41.7 Å². The van der Waals surface area contributed by atoms with Gasteiger partial charge in [-0.3, -0.25) is 0 Å². The Morgan fingerprint density at radius 2 is 2.05 bits per heavy atom. The maximum atomic E-state index is 13.9. The third-order valence-electron chi connectivity index (χ3n) is 2.72. The highest BCUT2D eigenvalue weighted by Crippen LogP contribution is 2.32. The summed E-state index contributed by atoms with van der Waals surface area (Å²) in [6, 6.07) is 4.87. The van der Waals surface area contributed by atoms with Gasteiger partial charge in [-0.2, -0.15) is 0 Å². The van der Waals surface area contributed by atoms with Crippen molar-refractivity contribution in [2.24, 2.45) is 0 Å². The van der Waals surface area contributed by atoms with E-state index in [0.29, 0.717) is 10.2 Å². The van der Waals surface area contributed by atoms with E-state index in [1.165, 1.54) is 11.3 Å². The van der Waals surface area contributed by atoms with Crippen LogP contribution in [0.1, 0.15) is 43.1 Å². The molecule has 5 heteroatoms. The standard InChI is InChI=1S/C14H15BrFNOS/c1-14(2,3)13-17-10(7-19-13)12(18)8-5-4-6-9(15)11(8)16/h4-7,12,18H,1-3H3. The van der Waals surface area contributed by atoms with Crippen LogP contribution in [0, 0.1) is 5.82 Å². The maximum Gasteiger partial charge on any atom is 0.143 e. The van der Waals surface area contributed by atoms with E-state index in [1.54, 1.807) is 23.6 Å². The molecule has 2 rings (SSSR count). The first kappa shape index (κ1) is 14.6. The van der Waals surface area contributed by atoms with E-state index in [-0.39, 0.29) is 11.0 Å². The average Bonchev–Trinajstić information content (AvgIpc) is 2.81. The highest BCUT2D eigenvalue weighted by Gasteiger charge is 2.23. The van der Waals surface area contributed by atoms with Crippen molar-refractivity contribution < 1.29 is 9.50 Å². The Balaban J connectivity index is 2.37. The van der Waals surface area contributed by atoms with Gasteiger partial charge in [0.2, 0.25) is 0 Å². The molecule has 0 aliphatic rings. The number of aliphatic hydroxyl groups excluding tert-OH is 1. The molecule has 2 aromatic rings. The number of aromatic nitrogens is 1. The Morgan fingerprint density at radius 3 is 2.63 bits per heavy atom. The summed E-state index contributed by atoms with van der Waals surface area (Å²) in [6.07, 6.45) is -1.04. The van der Waals surface area contributed by atoms with Gasteiger partial charge in [0.1, 0.15) is 11.9 Å². The normalized spacial score (nSPS) is 13.6. The summed E-state index contributed by atoms with van der Waals surface area (Å²) in [6.45, 7) is 6.17. The van der Waals surface area contributed by atoms with Crippen LogP contribution in [0.25, 0.3) is 0 Å². The van der Waals surface area contributed by atoms with E-state index < -0.39 is 11.9 Å². The predicted octanol–water partition coefficient (Wildman–Crippen LogP) is 4.42. The topological polar surface area (TPSA) is 33.1 Å². The Bertz CT molecular complexity index is 591. The smallest absolute Gasteiger partial charge is 0.143 e. The zero-order chi connectivity index (χ0) is 14.2. The van der Waals surface area contributed by atoms with Crippen LogP contribution in [0.3, 0.4) is 0 Å². The summed E-state index contributed by atoms with van der Waals surface area (Å²) in [4.78, 5) is 4.42. The van der Waals surface area contributed by atoms with E-state index >= 15 is 0 Å². The minimum atomic E-state index is -1.04. The fraction of sp³-hybridized carbons (Fsp3) is 0.357. The van der Waals surface area contributed by atoms with Gasteiger partial charge in [0.25, 0.3) is 0 Å². The van der Waals surface area contributed by atoms with Crippen LogP contribution in [0.15, 0.2) is 28.1 Å². The SMILES string of the molecule is CC(C)(C)c1nc(C(O)c2cccc(Br)c2F)cs1. The van der Waals surface area contributed by atoms with Crippen LogP contribution in [0.5, 0.6) is 0 Å². The summed E-state index contributed by atoms with van der Waals surface area (Å²) >= 11 is 4.60. The molecule has 0 saturated carbocycles. The van der Waals surface area contributed by atoms with Gasteiger partial charge in [-0.05, 0) is 22.0 Å². The fourth-order valence-corrected chi connectivity index (χ4v) is 2.95. The number of nitrogens with zero attached hydrogens (tertiary/aromatic N) is 1.